The molecule has 0 amide bonds. The highest BCUT2D eigenvalue weighted by molar-refractivity contribution is 6.32. The third kappa shape index (κ3) is 3.03. The standard InChI is InChI=1S/C12H16ClNO3/c1-8(2-3-15)14-6-9-4-10(13)12-11(5-9)16-7-17-12/h4-5,8,14-15H,2-3,6-7H2,1H3. The molecule has 0 saturated heterocycles. The van der Waals surface area contributed by atoms with Gasteiger partial charge in [-0.3, -0.25) is 0 Å². The lowest BCUT2D eigenvalue weighted by atomic mass is 10.1. The summed E-state index contributed by atoms with van der Waals surface area (Å²) >= 11 is 6.08. The minimum absolute atomic E-state index is 0.191. The molecule has 1 aromatic carbocycles. The van der Waals surface area contributed by atoms with Crippen LogP contribution in [0, 0.1) is 0 Å². The van der Waals surface area contributed by atoms with Gasteiger partial charge in [0, 0.05) is 19.2 Å². The molecule has 1 aliphatic heterocycles. The zero-order valence-electron chi connectivity index (χ0n) is 9.70. The lowest BCUT2D eigenvalue weighted by Gasteiger charge is -2.12. The molecule has 17 heavy (non-hydrogen) atoms. The van der Waals surface area contributed by atoms with E-state index in [4.69, 9.17) is 26.2 Å². The molecule has 1 heterocycles. The summed E-state index contributed by atoms with van der Waals surface area (Å²) in [4.78, 5) is 0. The molecular formula is C12H16ClNO3. The smallest absolute Gasteiger partial charge is 0.231 e. The van der Waals surface area contributed by atoms with Crippen molar-refractivity contribution >= 4 is 11.6 Å². The maximum atomic E-state index is 8.81. The van der Waals surface area contributed by atoms with Gasteiger partial charge in [0.15, 0.2) is 11.5 Å². The Hall–Kier alpha value is -0.970. The SMILES string of the molecule is CC(CCO)NCc1cc(Cl)c2c(c1)OCO2. The number of fused-ring (bicyclic) bond motifs is 1. The van der Waals surface area contributed by atoms with Gasteiger partial charge in [-0.1, -0.05) is 11.6 Å². The van der Waals surface area contributed by atoms with E-state index >= 15 is 0 Å². The summed E-state index contributed by atoms with van der Waals surface area (Å²) in [6.45, 7) is 3.14. The molecule has 0 bridgehead atoms. The molecule has 1 aliphatic rings. The van der Waals surface area contributed by atoms with Crippen molar-refractivity contribution in [3.05, 3.63) is 22.7 Å². The Balaban J connectivity index is 2.00. The molecule has 0 fully saturated rings. The van der Waals surface area contributed by atoms with E-state index in [1.807, 2.05) is 19.1 Å². The Morgan fingerprint density at radius 3 is 3.06 bits per heavy atom. The molecule has 2 N–H and O–H groups in total. The Kier molecular flexibility index (Phi) is 4.10. The van der Waals surface area contributed by atoms with Gasteiger partial charge >= 0.3 is 0 Å². The molecule has 0 aliphatic carbocycles. The molecule has 1 atom stereocenters. The fraction of sp³-hybridized carbons (Fsp3) is 0.500. The molecule has 0 aromatic heterocycles. The van der Waals surface area contributed by atoms with E-state index in [0.717, 1.165) is 12.0 Å². The summed E-state index contributed by atoms with van der Waals surface area (Å²) in [7, 11) is 0. The molecule has 4 nitrogen and oxygen atoms in total. The summed E-state index contributed by atoms with van der Waals surface area (Å²) in [6.07, 6.45) is 0.734. The van der Waals surface area contributed by atoms with Crippen LogP contribution in [0.1, 0.15) is 18.9 Å². The zero-order valence-corrected chi connectivity index (χ0v) is 10.5. The van der Waals surface area contributed by atoms with E-state index in [0.29, 0.717) is 23.1 Å². The predicted octanol–water partition coefficient (Wildman–Crippen LogP) is 1.93. The minimum atomic E-state index is 0.191. The molecule has 0 saturated carbocycles. The van der Waals surface area contributed by atoms with E-state index in [9.17, 15) is 0 Å². The van der Waals surface area contributed by atoms with Crippen LogP contribution in [0.2, 0.25) is 5.02 Å². The van der Waals surface area contributed by atoms with Gasteiger partial charge in [0.25, 0.3) is 0 Å². The molecule has 0 spiro atoms. The third-order valence-corrected chi connectivity index (χ3v) is 2.98. The van der Waals surface area contributed by atoms with Crippen LogP contribution in [0.4, 0.5) is 0 Å². The highest BCUT2D eigenvalue weighted by Gasteiger charge is 2.18. The largest absolute Gasteiger partial charge is 0.454 e. The summed E-state index contributed by atoms with van der Waals surface area (Å²) in [5.74, 6) is 1.32. The molecular weight excluding hydrogens is 242 g/mol. The van der Waals surface area contributed by atoms with Gasteiger partial charge < -0.3 is 19.9 Å². The first-order valence-electron chi connectivity index (χ1n) is 5.63. The molecule has 94 valence electrons. The second-order valence-corrected chi connectivity index (χ2v) is 4.51. The van der Waals surface area contributed by atoms with Gasteiger partial charge in [0.2, 0.25) is 6.79 Å². The summed E-state index contributed by atoms with van der Waals surface area (Å²) in [6, 6.07) is 4.06. The third-order valence-electron chi connectivity index (χ3n) is 2.70. The number of aliphatic hydroxyl groups is 1. The van der Waals surface area contributed by atoms with Crippen LogP contribution in [0.3, 0.4) is 0 Å². The molecule has 0 radical (unpaired) electrons. The average molecular weight is 258 g/mol. The van der Waals surface area contributed by atoms with Crippen LogP contribution in [-0.4, -0.2) is 24.5 Å². The number of benzene rings is 1. The predicted molar refractivity (Wildman–Crippen MR) is 65.6 cm³/mol. The normalized spacial score (nSPS) is 15.0. The van der Waals surface area contributed by atoms with Crippen molar-refractivity contribution in [1.82, 2.24) is 5.32 Å². The van der Waals surface area contributed by atoms with Crippen LogP contribution in [0.25, 0.3) is 0 Å². The maximum absolute atomic E-state index is 8.81. The van der Waals surface area contributed by atoms with Crippen LogP contribution in [0.15, 0.2) is 12.1 Å². The van der Waals surface area contributed by atoms with Crippen molar-refractivity contribution in [2.45, 2.75) is 25.9 Å². The van der Waals surface area contributed by atoms with E-state index < -0.39 is 0 Å². The van der Waals surface area contributed by atoms with E-state index in [1.165, 1.54) is 0 Å². The van der Waals surface area contributed by atoms with Crippen molar-refractivity contribution < 1.29 is 14.6 Å². The van der Waals surface area contributed by atoms with Gasteiger partial charge in [-0.05, 0) is 31.0 Å². The molecule has 1 aromatic rings. The molecule has 5 heteroatoms. The van der Waals surface area contributed by atoms with Crippen molar-refractivity contribution in [2.24, 2.45) is 0 Å². The van der Waals surface area contributed by atoms with Crippen LogP contribution in [0.5, 0.6) is 11.5 Å². The topological polar surface area (TPSA) is 50.7 Å². The Labute approximate surface area is 105 Å². The van der Waals surface area contributed by atoms with Gasteiger partial charge in [0.05, 0.1) is 5.02 Å². The van der Waals surface area contributed by atoms with Gasteiger partial charge in [-0.2, -0.15) is 0 Å². The monoisotopic (exact) mass is 257 g/mol. The lowest BCUT2D eigenvalue weighted by molar-refractivity contribution is 0.174. The van der Waals surface area contributed by atoms with E-state index in [1.54, 1.807) is 0 Å². The van der Waals surface area contributed by atoms with E-state index in [2.05, 4.69) is 5.32 Å². The van der Waals surface area contributed by atoms with Crippen LogP contribution < -0.4 is 14.8 Å². The number of ether oxygens (including phenoxy) is 2. The Morgan fingerprint density at radius 1 is 1.47 bits per heavy atom. The minimum Gasteiger partial charge on any atom is -0.454 e. The summed E-state index contributed by atoms with van der Waals surface area (Å²) in [5.41, 5.74) is 1.05. The zero-order chi connectivity index (χ0) is 12.3. The summed E-state index contributed by atoms with van der Waals surface area (Å²) in [5, 5.41) is 12.7. The second-order valence-electron chi connectivity index (χ2n) is 4.11. The van der Waals surface area contributed by atoms with Crippen molar-refractivity contribution in [2.75, 3.05) is 13.4 Å². The number of aliphatic hydroxyl groups excluding tert-OH is 1. The van der Waals surface area contributed by atoms with Gasteiger partial charge in [-0.25, -0.2) is 0 Å². The van der Waals surface area contributed by atoms with Crippen molar-refractivity contribution in [3.63, 3.8) is 0 Å². The van der Waals surface area contributed by atoms with Crippen LogP contribution >= 0.6 is 11.6 Å². The number of hydrogen-bond acceptors (Lipinski definition) is 4. The molecule has 2 rings (SSSR count). The van der Waals surface area contributed by atoms with Crippen molar-refractivity contribution in [1.29, 1.82) is 0 Å². The fourth-order valence-corrected chi connectivity index (χ4v) is 2.00. The first-order valence-corrected chi connectivity index (χ1v) is 6.00. The number of halogens is 1. The number of nitrogens with one attached hydrogen (secondary N) is 1. The highest BCUT2D eigenvalue weighted by atomic mass is 35.5. The number of hydrogen-bond donors (Lipinski definition) is 2. The first-order chi connectivity index (χ1) is 8.20. The second kappa shape index (κ2) is 5.58. The molecule has 1 unspecified atom stereocenters. The van der Waals surface area contributed by atoms with Crippen LogP contribution in [-0.2, 0) is 6.54 Å². The number of rotatable bonds is 5. The Morgan fingerprint density at radius 2 is 2.29 bits per heavy atom. The fourth-order valence-electron chi connectivity index (χ4n) is 1.71. The Bertz CT molecular complexity index is 398. The van der Waals surface area contributed by atoms with Crippen molar-refractivity contribution in [3.8, 4) is 11.5 Å². The quantitative estimate of drug-likeness (QED) is 0.846. The first kappa shape index (κ1) is 12.5. The van der Waals surface area contributed by atoms with Gasteiger partial charge in [0.1, 0.15) is 0 Å². The highest BCUT2D eigenvalue weighted by Crippen LogP contribution is 2.39. The van der Waals surface area contributed by atoms with E-state index in [-0.39, 0.29) is 19.4 Å². The maximum Gasteiger partial charge on any atom is 0.231 e. The lowest BCUT2D eigenvalue weighted by Crippen LogP contribution is -2.26. The van der Waals surface area contributed by atoms with Gasteiger partial charge in [-0.15, -0.1) is 0 Å². The average Bonchev–Trinajstić information content (AvgIpc) is 2.75. The summed E-state index contributed by atoms with van der Waals surface area (Å²) < 4.78 is 10.5.